The van der Waals surface area contributed by atoms with Crippen molar-refractivity contribution in [1.29, 1.82) is 0 Å². The van der Waals surface area contributed by atoms with Gasteiger partial charge in [-0.1, -0.05) is 13.8 Å². The van der Waals surface area contributed by atoms with Crippen LogP contribution in [-0.4, -0.2) is 41.8 Å². The molecule has 7 nitrogen and oxygen atoms in total. The third-order valence-electron chi connectivity index (χ3n) is 4.31. The molecule has 0 amide bonds. The van der Waals surface area contributed by atoms with Crippen molar-refractivity contribution in [3.8, 4) is 0 Å². The van der Waals surface area contributed by atoms with E-state index in [1.54, 1.807) is 6.92 Å². The molecule has 7 heteroatoms. The van der Waals surface area contributed by atoms with Crippen LogP contribution in [0.3, 0.4) is 0 Å². The van der Waals surface area contributed by atoms with Gasteiger partial charge in [-0.15, -0.1) is 0 Å². The van der Waals surface area contributed by atoms with E-state index in [9.17, 15) is 20.0 Å². The SMILES string of the molecule is Cc1c(C(=O)O)cc([N+](=O)[O-])cc1N(CC(C)C)C1CCOCC1. The fourth-order valence-electron chi connectivity index (χ4n) is 3.14. The standard InChI is InChI=1S/C17H24N2O5/c1-11(2)10-18(13-4-6-24-7-5-13)16-9-14(19(22)23)8-15(12(16)3)17(20)21/h8-9,11,13H,4-7,10H2,1-3H3,(H,20,21). The Hall–Kier alpha value is -2.15. The van der Waals surface area contributed by atoms with Gasteiger partial charge < -0.3 is 14.7 Å². The lowest BCUT2D eigenvalue weighted by Crippen LogP contribution is -2.42. The van der Waals surface area contributed by atoms with Crippen molar-refractivity contribution >= 4 is 17.3 Å². The van der Waals surface area contributed by atoms with Gasteiger partial charge in [0, 0.05) is 43.6 Å². The summed E-state index contributed by atoms with van der Waals surface area (Å²) >= 11 is 0. The van der Waals surface area contributed by atoms with Crippen molar-refractivity contribution in [2.45, 2.75) is 39.7 Å². The maximum Gasteiger partial charge on any atom is 0.336 e. The molecule has 0 aromatic heterocycles. The van der Waals surface area contributed by atoms with Gasteiger partial charge in [0.2, 0.25) is 0 Å². The van der Waals surface area contributed by atoms with Gasteiger partial charge in [-0.2, -0.15) is 0 Å². The zero-order chi connectivity index (χ0) is 17.9. The number of benzene rings is 1. The fraction of sp³-hybridized carbons (Fsp3) is 0.588. The summed E-state index contributed by atoms with van der Waals surface area (Å²) in [5.41, 5.74) is 1.01. The van der Waals surface area contributed by atoms with E-state index < -0.39 is 10.9 Å². The van der Waals surface area contributed by atoms with Crippen molar-refractivity contribution in [3.63, 3.8) is 0 Å². The second-order valence-corrected chi connectivity index (χ2v) is 6.59. The molecular formula is C17H24N2O5. The summed E-state index contributed by atoms with van der Waals surface area (Å²) in [6.07, 6.45) is 1.66. The first-order valence-electron chi connectivity index (χ1n) is 8.18. The number of nitro groups is 1. The molecule has 2 rings (SSSR count). The van der Waals surface area contributed by atoms with Gasteiger partial charge >= 0.3 is 5.97 Å². The Morgan fingerprint density at radius 1 is 1.42 bits per heavy atom. The highest BCUT2D eigenvalue weighted by Crippen LogP contribution is 2.33. The van der Waals surface area contributed by atoms with Gasteiger partial charge in [-0.05, 0) is 31.2 Å². The van der Waals surface area contributed by atoms with Crippen molar-refractivity contribution in [3.05, 3.63) is 33.4 Å². The second kappa shape index (κ2) is 7.61. The lowest BCUT2D eigenvalue weighted by Gasteiger charge is -2.38. The van der Waals surface area contributed by atoms with Gasteiger partial charge in [0.25, 0.3) is 5.69 Å². The van der Waals surface area contributed by atoms with Crippen molar-refractivity contribution in [2.75, 3.05) is 24.7 Å². The molecule has 0 spiro atoms. The summed E-state index contributed by atoms with van der Waals surface area (Å²) in [7, 11) is 0. The number of carbonyl (C=O) groups is 1. The lowest BCUT2D eigenvalue weighted by atomic mass is 9.99. The van der Waals surface area contributed by atoms with E-state index in [0.29, 0.717) is 36.9 Å². The summed E-state index contributed by atoms with van der Waals surface area (Å²) in [4.78, 5) is 24.3. The Morgan fingerprint density at radius 2 is 2.04 bits per heavy atom. The summed E-state index contributed by atoms with van der Waals surface area (Å²) in [5.74, 6) is -0.797. The minimum Gasteiger partial charge on any atom is -0.478 e. The minimum absolute atomic E-state index is 0.0139. The minimum atomic E-state index is -1.14. The highest BCUT2D eigenvalue weighted by atomic mass is 16.6. The number of ether oxygens (including phenoxy) is 1. The number of hydrogen-bond acceptors (Lipinski definition) is 5. The first kappa shape index (κ1) is 18.2. The monoisotopic (exact) mass is 336 g/mol. The molecule has 1 N–H and O–H groups in total. The van der Waals surface area contributed by atoms with Gasteiger partial charge in [0.05, 0.1) is 10.5 Å². The molecule has 0 bridgehead atoms. The number of nitrogens with zero attached hydrogens (tertiary/aromatic N) is 2. The predicted octanol–water partition coefficient (Wildman–Crippen LogP) is 3.24. The molecule has 0 radical (unpaired) electrons. The number of nitro benzene ring substituents is 1. The van der Waals surface area contributed by atoms with Gasteiger partial charge in [0.1, 0.15) is 0 Å². The molecule has 1 aromatic rings. The molecule has 1 fully saturated rings. The molecular weight excluding hydrogens is 312 g/mol. The van der Waals surface area contributed by atoms with E-state index in [1.165, 1.54) is 6.07 Å². The Kier molecular flexibility index (Phi) is 5.77. The first-order valence-corrected chi connectivity index (χ1v) is 8.18. The van der Waals surface area contributed by atoms with Crippen LogP contribution in [0, 0.1) is 23.0 Å². The molecule has 24 heavy (non-hydrogen) atoms. The van der Waals surface area contributed by atoms with E-state index in [4.69, 9.17) is 4.74 Å². The van der Waals surface area contributed by atoms with Crippen LogP contribution in [0.15, 0.2) is 12.1 Å². The molecule has 1 aromatic carbocycles. The van der Waals surface area contributed by atoms with Crippen LogP contribution in [0.25, 0.3) is 0 Å². The lowest BCUT2D eigenvalue weighted by molar-refractivity contribution is -0.384. The number of hydrogen-bond donors (Lipinski definition) is 1. The number of aromatic carboxylic acids is 1. The molecule has 0 saturated carbocycles. The predicted molar refractivity (Wildman–Crippen MR) is 90.8 cm³/mol. The summed E-state index contributed by atoms with van der Waals surface area (Å²) in [5, 5.41) is 20.6. The fourth-order valence-corrected chi connectivity index (χ4v) is 3.14. The average molecular weight is 336 g/mol. The Bertz CT molecular complexity index is 624. The van der Waals surface area contributed by atoms with Crippen LogP contribution >= 0.6 is 0 Å². The van der Waals surface area contributed by atoms with Crippen molar-refractivity contribution in [2.24, 2.45) is 5.92 Å². The van der Waals surface area contributed by atoms with Crippen LogP contribution in [0.1, 0.15) is 42.6 Å². The van der Waals surface area contributed by atoms with E-state index in [1.807, 2.05) is 0 Å². The van der Waals surface area contributed by atoms with E-state index in [0.717, 1.165) is 18.9 Å². The van der Waals surface area contributed by atoms with E-state index in [-0.39, 0.29) is 17.3 Å². The van der Waals surface area contributed by atoms with Crippen molar-refractivity contribution in [1.82, 2.24) is 0 Å². The van der Waals surface area contributed by atoms with E-state index >= 15 is 0 Å². The smallest absolute Gasteiger partial charge is 0.336 e. The molecule has 0 aliphatic carbocycles. The van der Waals surface area contributed by atoms with Crippen molar-refractivity contribution < 1.29 is 19.6 Å². The second-order valence-electron chi connectivity index (χ2n) is 6.59. The maximum atomic E-state index is 11.5. The molecule has 1 saturated heterocycles. The maximum absolute atomic E-state index is 11.5. The summed E-state index contributed by atoms with van der Waals surface area (Å²) < 4.78 is 5.42. The normalized spacial score (nSPS) is 15.5. The third-order valence-corrected chi connectivity index (χ3v) is 4.31. The van der Waals surface area contributed by atoms with Crippen LogP contribution in [-0.2, 0) is 4.74 Å². The van der Waals surface area contributed by atoms with E-state index in [2.05, 4.69) is 18.7 Å². The summed E-state index contributed by atoms with van der Waals surface area (Å²) in [6, 6.07) is 2.83. The van der Waals surface area contributed by atoms with Gasteiger partial charge in [-0.3, -0.25) is 10.1 Å². The van der Waals surface area contributed by atoms with Crippen LogP contribution in [0.5, 0.6) is 0 Å². The average Bonchev–Trinajstić information content (AvgIpc) is 2.53. The molecule has 0 unspecified atom stereocenters. The highest BCUT2D eigenvalue weighted by Gasteiger charge is 2.27. The zero-order valence-electron chi connectivity index (χ0n) is 14.3. The highest BCUT2D eigenvalue weighted by molar-refractivity contribution is 5.92. The quantitative estimate of drug-likeness (QED) is 0.633. The zero-order valence-corrected chi connectivity index (χ0v) is 14.3. The molecule has 1 aliphatic heterocycles. The Morgan fingerprint density at radius 3 is 2.54 bits per heavy atom. The molecule has 1 heterocycles. The molecule has 132 valence electrons. The largest absolute Gasteiger partial charge is 0.478 e. The number of carboxylic acid groups (broad SMARTS) is 1. The molecule has 1 aliphatic rings. The van der Waals surface area contributed by atoms with Gasteiger partial charge in [0.15, 0.2) is 0 Å². The molecule has 0 atom stereocenters. The number of carboxylic acids is 1. The first-order chi connectivity index (χ1) is 11.3. The van der Waals surface area contributed by atoms with Gasteiger partial charge in [-0.25, -0.2) is 4.79 Å². The number of non-ortho nitro benzene ring substituents is 1. The van der Waals surface area contributed by atoms with Crippen LogP contribution < -0.4 is 4.90 Å². The Balaban J connectivity index is 2.54. The third kappa shape index (κ3) is 4.03. The topological polar surface area (TPSA) is 92.9 Å². The number of anilines is 1. The van der Waals surface area contributed by atoms with Crippen LogP contribution in [0.2, 0.25) is 0 Å². The number of rotatable bonds is 6. The van der Waals surface area contributed by atoms with Crippen LogP contribution in [0.4, 0.5) is 11.4 Å². The Labute approximate surface area is 141 Å². The summed E-state index contributed by atoms with van der Waals surface area (Å²) in [6.45, 7) is 7.90.